The third-order valence-electron chi connectivity index (χ3n) is 2.65. The van der Waals surface area contributed by atoms with Gasteiger partial charge < -0.3 is 15.4 Å². The van der Waals surface area contributed by atoms with E-state index in [-0.39, 0.29) is 5.91 Å². The van der Waals surface area contributed by atoms with Crippen molar-refractivity contribution in [2.45, 2.75) is 20.4 Å². The number of ether oxygens (including phenoxy) is 1. The fourth-order valence-electron chi connectivity index (χ4n) is 1.78. The number of aryl methyl sites for hydroxylation is 1. The summed E-state index contributed by atoms with van der Waals surface area (Å²) in [7, 11) is 1.58. The Bertz CT molecular complexity index is 610. The number of benzene rings is 1. The summed E-state index contributed by atoms with van der Waals surface area (Å²) >= 11 is 1.63. The Hall–Kier alpha value is -2.08. The van der Waals surface area contributed by atoms with E-state index < -0.39 is 0 Å². The molecular weight excluding hydrogens is 274 g/mol. The lowest BCUT2D eigenvalue weighted by atomic mass is 10.2. The van der Waals surface area contributed by atoms with E-state index in [1.54, 1.807) is 18.4 Å². The predicted octanol–water partition coefficient (Wildman–Crippen LogP) is 3.03. The Labute approximate surface area is 122 Å². The third kappa shape index (κ3) is 3.71. The van der Waals surface area contributed by atoms with Crippen molar-refractivity contribution in [2.75, 3.05) is 17.7 Å². The highest BCUT2D eigenvalue weighted by Crippen LogP contribution is 2.28. The van der Waals surface area contributed by atoms with Crippen molar-refractivity contribution in [3.8, 4) is 5.75 Å². The molecule has 0 radical (unpaired) electrons. The highest BCUT2D eigenvalue weighted by molar-refractivity contribution is 7.09. The summed E-state index contributed by atoms with van der Waals surface area (Å²) in [6.45, 7) is 4.11. The second-order valence-corrected chi connectivity index (χ2v) is 5.37. The van der Waals surface area contributed by atoms with E-state index in [0.29, 0.717) is 18.0 Å². The number of nitrogens with one attached hydrogen (secondary N) is 2. The van der Waals surface area contributed by atoms with Crippen molar-refractivity contribution < 1.29 is 9.53 Å². The quantitative estimate of drug-likeness (QED) is 0.889. The normalized spacial score (nSPS) is 10.2. The molecule has 1 aromatic carbocycles. The molecule has 0 fully saturated rings. The summed E-state index contributed by atoms with van der Waals surface area (Å²) in [5.41, 5.74) is 2.59. The molecule has 0 atom stereocenters. The van der Waals surface area contributed by atoms with Crippen LogP contribution in [0.5, 0.6) is 5.75 Å². The van der Waals surface area contributed by atoms with Crippen molar-refractivity contribution in [3.05, 3.63) is 34.3 Å². The molecule has 20 heavy (non-hydrogen) atoms. The molecule has 1 heterocycles. The molecule has 0 bridgehead atoms. The van der Waals surface area contributed by atoms with E-state index in [0.717, 1.165) is 16.4 Å². The number of anilines is 2. The standard InChI is InChI=1S/C14H17N3O2S/c1-9(18)16-13-5-4-11(6-14(13)19-3)15-7-12-8-20-10(2)17-12/h4-6,8,15H,7H2,1-3H3,(H,16,18). The van der Waals surface area contributed by atoms with Crippen LogP contribution < -0.4 is 15.4 Å². The van der Waals surface area contributed by atoms with E-state index in [1.807, 2.05) is 30.5 Å². The zero-order valence-electron chi connectivity index (χ0n) is 11.7. The summed E-state index contributed by atoms with van der Waals surface area (Å²) in [5, 5.41) is 9.10. The number of carbonyl (C=O) groups excluding carboxylic acids is 1. The molecule has 1 amide bonds. The lowest BCUT2D eigenvalue weighted by Crippen LogP contribution is -2.07. The average molecular weight is 291 g/mol. The number of hydrogen-bond donors (Lipinski definition) is 2. The van der Waals surface area contributed by atoms with Crippen LogP contribution in [0.25, 0.3) is 0 Å². The van der Waals surface area contributed by atoms with Crippen LogP contribution in [0.15, 0.2) is 23.6 Å². The first-order valence-electron chi connectivity index (χ1n) is 6.19. The molecule has 2 N–H and O–H groups in total. The number of thiazole rings is 1. The van der Waals surface area contributed by atoms with Crippen LogP contribution in [0.1, 0.15) is 17.6 Å². The van der Waals surface area contributed by atoms with Gasteiger partial charge in [-0.3, -0.25) is 4.79 Å². The van der Waals surface area contributed by atoms with Crippen molar-refractivity contribution in [3.63, 3.8) is 0 Å². The van der Waals surface area contributed by atoms with Gasteiger partial charge in [-0.2, -0.15) is 0 Å². The summed E-state index contributed by atoms with van der Waals surface area (Å²) in [6.07, 6.45) is 0. The molecule has 0 unspecified atom stereocenters. The zero-order chi connectivity index (χ0) is 14.5. The van der Waals surface area contributed by atoms with Crippen LogP contribution in [0, 0.1) is 6.92 Å². The summed E-state index contributed by atoms with van der Waals surface area (Å²) in [4.78, 5) is 15.5. The maximum absolute atomic E-state index is 11.1. The van der Waals surface area contributed by atoms with Gasteiger partial charge in [0.25, 0.3) is 0 Å². The van der Waals surface area contributed by atoms with Crippen LogP contribution in [0.3, 0.4) is 0 Å². The average Bonchev–Trinajstić information content (AvgIpc) is 2.83. The number of nitrogens with zero attached hydrogens (tertiary/aromatic N) is 1. The van der Waals surface area contributed by atoms with Crippen LogP contribution in [0.2, 0.25) is 0 Å². The van der Waals surface area contributed by atoms with Crippen LogP contribution >= 0.6 is 11.3 Å². The molecule has 0 aliphatic heterocycles. The number of amides is 1. The van der Waals surface area contributed by atoms with E-state index in [2.05, 4.69) is 15.6 Å². The molecule has 2 aromatic rings. The molecular formula is C14H17N3O2S. The first-order valence-corrected chi connectivity index (χ1v) is 7.07. The van der Waals surface area contributed by atoms with Gasteiger partial charge in [0.1, 0.15) is 5.75 Å². The Morgan fingerprint density at radius 2 is 2.25 bits per heavy atom. The Balaban J connectivity index is 2.07. The number of hydrogen-bond acceptors (Lipinski definition) is 5. The Morgan fingerprint density at radius 3 is 2.85 bits per heavy atom. The van der Waals surface area contributed by atoms with Crippen LogP contribution in [0.4, 0.5) is 11.4 Å². The molecule has 0 saturated carbocycles. The van der Waals surface area contributed by atoms with Gasteiger partial charge in [-0.1, -0.05) is 0 Å². The lowest BCUT2D eigenvalue weighted by Gasteiger charge is -2.11. The summed E-state index contributed by atoms with van der Waals surface area (Å²) in [5.74, 6) is 0.501. The van der Waals surface area contributed by atoms with Crippen molar-refractivity contribution >= 4 is 28.6 Å². The molecule has 0 saturated heterocycles. The largest absolute Gasteiger partial charge is 0.494 e. The maximum atomic E-state index is 11.1. The maximum Gasteiger partial charge on any atom is 0.221 e. The van der Waals surface area contributed by atoms with Gasteiger partial charge in [-0.05, 0) is 19.1 Å². The monoisotopic (exact) mass is 291 g/mol. The fraction of sp³-hybridized carbons (Fsp3) is 0.286. The second-order valence-electron chi connectivity index (χ2n) is 4.31. The summed E-state index contributed by atoms with van der Waals surface area (Å²) < 4.78 is 5.27. The van der Waals surface area contributed by atoms with Gasteiger partial charge in [0.2, 0.25) is 5.91 Å². The molecule has 2 rings (SSSR count). The highest BCUT2D eigenvalue weighted by atomic mass is 32.1. The number of aromatic nitrogens is 1. The number of methoxy groups -OCH3 is 1. The number of carbonyl (C=O) groups is 1. The molecule has 1 aromatic heterocycles. The van der Waals surface area contributed by atoms with Crippen molar-refractivity contribution in [1.29, 1.82) is 0 Å². The van der Waals surface area contributed by atoms with Gasteiger partial charge in [0, 0.05) is 24.1 Å². The Kier molecular flexibility index (Phi) is 4.57. The molecule has 0 spiro atoms. The minimum Gasteiger partial charge on any atom is -0.494 e. The fourth-order valence-corrected chi connectivity index (χ4v) is 2.39. The molecule has 0 aliphatic carbocycles. The van der Waals surface area contributed by atoms with Gasteiger partial charge in [-0.15, -0.1) is 11.3 Å². The van der Waals surface area contributed by atoms with E-state index in [4.69, 9.17) is 4.74 Å². The topological polar surface area (TPSA) is 63.2 Å². The predicted molar refractivity (Wildman–Crippen MR) is 81.5 cm³/mol. The SMILES string of the molecule is COc1cc(NCc2csc(C)n2)ccc1NC(C)=O. The van der Waals surface area contributed by atoms with E-state index >= 15 is 0 Å². The van der Waals surface area contributed by atoms with Crippen molar-refractivity contribution in [2.24, 2.45) is 0 Å². The smallest absolute Gasteiger partial charge is 0.221 e. The van der Waals surface area contributed by atoms with Gasteiger partial charge in [0.05, 0.1) is 30.0 Å². The first kappa shape index (κ1) is 14.3. The van der Waals surface area contributed by atoms with Crippen LogP contribution in [-0.4, -0.2) is 18.0 Å². The Morgan fingerprint density at radius 1 is 1.45 bits per heavy atom. The van der Waals surface area contributed by atoms with Crippen molar-refractivity contribution in [1.82, 2.24) is 4.98 Å². The minimum atomic E-state index is -0.123. The number of rotatable bonds is 5. The molecule has 5 nitrogen and oxygen atoms in total. The molecule has 6 heteroatoms. The van der Waals surface area contributed by atoms with Gasteiger partial charge in [0.15, 0.2) is 0 Å². The van der Waals surface area contributed by atoms with Gasteiger partial charge >= 0.3 is 0 Å². The van der Waals surface area contributed by atoms with E-state index in [9.17, 15) is 4.79 Å². The first-order chi connectivity index (χ1) is 9.58. The third-order valence-corrected chi connectivity index (χ3v) is 3.47. The van der Waals surface area contributed by atoms with Crippen LogP contribution in [-0.2, 0) is 11.3 Å². The van der Waals surface area contributed by atoms with Gasteiger partial charge in [-0.25, -0.2) is 4.98 Å². The highest BCUT2D eigenvalue weighted by Gasteiger charge is 2.06. The lowest BCUT2D eigenvalue weighted by molar-refractivity contribution is -0.114. The minimum absolute atomic E-state index is 0.123. The molecule has 106 valence electrons. The molecule has 0 aliphatic rings. The summed E-state index contributed by atoms with van der Waals surface area (Å²) in [6, 6.07) is 5.56. The van der Waals surface area contributed by atoms with E-state index in [1.165, 1.54) is 6.92 Å². The second kappa shape index (κ2) is 6.38. The zero-order valence-corrected chi connectivity index (χ0v) is 12.5.